The molecule has 60 valence electrons. The summed E-state index contributed by atoms with van der Waals surface area (Å²) in [6.07, 6.45) is 3.77. The van der Waals surface area contributed by atoms with E-state index < -0.39 is 0 Å². The highest BCUT2D eigenvalue weighted by Crippen LogP contribution is 2.08. The van der Waals surface area contributed by atoms with E-state index in [1.54, 1.807) is 0 Å². The predicted octanol–water partition coefficient (Wildman–Crippen LogP) is 3.02. The largest absolute Gasteiger partial charge is 0.260 e. The predicted molar refractivity (Wildman–Crippen MR) is 51.0 cm³/mol. The molecule has 1 nitrogen and oxygen atoms in total. The molecule has 3 heteroatoms. The Morgan fingerprint density at radius 2 is 2.27 bits per heavy atom. The van der Waals surface area contributed by atoms with E-state index in [2.05, 4.69) is 20.9 Å². The van der Waals surface area contributed by atoms with E-state index in [-0.39, 0.29) is 0 Å². The highest BCUT2D eigenvalue weighted by atomic mass is 79.9. The molecule has 0 saturated carbocycles. The van der Waals surface area contributed by atoms with E-state index >= 15 is 0 Å². The lowest BCUT2D eigenvalue weighted by molar-refractivity contribution is 0.887. The molecule has 0 amide bonds. The average molecular weight is 235 g/mol. The van der Waals surface area contributed by atoms with Crippen LogP contribution in [0.4, 0.5) is 0 Å². The third kappa shape index (κ3) is 3.21. The first-order chi connectivity index (χ1) is 5.33. The van der Waals surface area contributed by atoms with E-state index in [1.165, 1.54) is 0 Å². The molecule has 11 heavy (non-hydrogen) atoms. The molecule has 0 aromatic carbocycles. The number of alkyl halides is 1. The number of pyridine rings is 1. The van der Waals surface area contributed by atoms with Crippen molar-refractivity contribution in [3.8, 4) is 0 Å². The molecule has 0 spiro atoms. The zero-order valence-corrected chi connectivity index (χ0v) is 8.40. The van der Waals surface area contributed by atoms with Crippen LogP contribution in [0.5, 0.6) is 0 Å². The van der Waals surface area contributed by atoms with Crippen molar-refractivity contribution in [2.45, 2.75) is 12.8 Å². The molecule has 1 heterocycles. The Bertz CT molecular complexity index is 210. The molecule has 0 aliphatic rings. The Morgan fingerprint density at radius 1 is 1.45 bits per heavy atom. The van der Waals surface area contributed by atoms with Gasteiger partial charge in [0, 0.05) is 22.2 Å². The summed E-state index contributed by atoms with van der Waals surface area (Å²) in [5, 5.41) is 0. The van der Waals surface area contributed by atoms with Crippen molar-refractivity contribution < 1.29 is 0 Å². The van der Waals surface area contributed by atoms with Gasteiger partial charge in [-0.15, -0.1) is 11.6 Å². The molecule has 1 aromatic rings. The van der Waals surface area contributed by atoms with Crippen molar-refractivity contribution >= 4 is 27.5 Å². The van der Waals surface area contributed by atoms with Crippen LogP contribution in [0.3, 0.4) is 0 Å². The molecule has 0 aliphatic carbocycles. The molecule has 0 aliphatic heterocycles. The van der Waals surface area contributed by atoms with Crippen molar-refractivity contribution in [3.63, 3.8) is 0 Å². The summed E-state index contributed by atoms with van der Waals surface area (Å²) >= 11 is 8.87. The van der Waals surface area contributed by atoms with Crippen molar-refractivity contribution in [2.24, 2.45) is 0 Å². The second kappa shape index (κ2) is 4.73. The van der Waals surface area contributed by atoms with Gasteiger partial charge in [-0.3, -0.25) is 4.98 Å². The van der Waals surface area contributed by atoms with E-state index in [9.17, 15) is 0 Å². The van der Waals surface area contributed by atoms with Crippen LogP contribution in [0.2, 0.25) is 0 Å². The van der Waals surface area contributed by atoms with Crippen LogP contribution < -0.4 is 0 Å². The van der Waals surface area contributed by atoms with Crippen molar-refractivity contribution in [2.75, 3.05) is 5.88 Å². The number of rotatable bonds is 3. The van der Waals surface area contributed by atoms with Gasteiger partial charge >= 0.3 is 0 Å². The Kier molecular flexibility index (Phi) is 3.87. The van der Waals surface area contributed by atoms with E-state index in [0.717, 1.165) is 23.0 Å². The summed E-state index contributed by atoms with van der Waals surface area (Å²) in [4.78, 5) is 4.21. The van der Waals surface area contributed by atoms with Crippen molar-refractivity contribution in [1.29, 1.82) is 0 Å². The van der Waals surface area contributed by atoms with Crippen LogP contribution in [0.25, 0.3) is 0 Å². The summed E-state index contributed by atoms with van der Waals surface area (Å²) in [6.45, 7) is 0. The lowest BCUT2D eigenvalue weighted by Crippen LogP contribution is -1.89. The van der Waals surface area contributed by atoms with E-state index in [4.69, 9.17) is 11.6 Å². The van der Waals surface area contributed by atoms with Crippen molar-refractivity contribution in [3.05, 3.63) is 28.5 Å². The maximum absolute atomic E-state index is 5.55. The fourth-order valence-electron chi connectivity index (χ4n) is 0.802. The van der Waals surface area contributed by atoms with Gasteiger partial charge in [0.15, 0.2) is 0 Å². The molecule has 1 aromatic heterocycles. The molecule has 0 radical (unpaired) electrons. The zero-order valence-electron chi connectivity index (χ0n) is 6.06. The van der Waals surface area contributed by atoms with Gasteiger partial charge in [-0.1, -0.05) is 0 Å². The molecule has 0 N–H and O–H groups in total. The normalized spacial score (nSPS) is 10.0. The number of aromatic nitrogens is 1. The summed E-state index contributed by atoms with van der Waals surface area (Å²) in [6, 6.07) is 4.01. The Balaban J connectivity index is 2.52. The van der Waals surface area contributed by atoms with Crippen LogP contribution in [-0.2, 0) is 6.42 Å². The van der Waals surface area contributed by atoms with E-state index in [1.807, 2.05) is 18.3 Å². The van der Waals surface area contributed by atoms with Gasteiger partial charge in [-0.2, -0.15) is 0 Å². The van der Waals surface area contributed by atoms with Crippen LogP contribution in [0.15, 0.2) is 22.8 Å². The van der Waals surface area contributed by atoms with E-state index in [0.29, 0.717) is 5.88 Å². The first-order valence-corrected chi connectivity index (χ1v) is 4.82. The molecule has 0 bridgehead atoms. The minimum absolute atomic E-state index is 0.706. The highest BCUT2D eigenvalue weighted by molar-refractivity contribution is 9.10. The number of nitrogens with zero attached hydrogens (tertiary/aromatic N) is 1. The van der Waals surface area contributed by atoms with Gasteiger partial charge in [-0.25, -0.2) is 0 Å². The second-order valence-electron chi connectivity index (χ2n) is 2.26. The van der Waals surface area contributed by atoms with Gasteiger partial charge in [-0.05, 0) is 40.9 Å². The summed E-state index contributed by atoms with van der Waals surface area (Å²) in [5.74, 6) is 0.706. The monoisotopic (exact) mass is 233 g/mol. The number of halogens is 2. The topological polar surface area (TPSA) is 12.9 Å². The minimum Gasteiger partial charge on any atom is -0.260 e. The smallest absolute Gasteiger partial charge is 0.0413 e. The van der Waals surface area contributed by atoms with Gasteiger partial charge in [0.2, 0.25) is 0 Å². The Labute approximate surface area is 79.9 Å². The molecule has 0 atom stereocenters. The quantitative estimate of drug-likeness (QED) is 0.733. The highest BCUT2D eigenvalue weighted by Gasteiger charge is 1.92. The lowest BCUT2D eigenvalue weighted by atomic mass is 10.2. The molecule has 1 rings (SSSR count). The standard InChI is InChI=1S/C8H9BrClN/c9-7-3-4-8(11-6-7)2-1-5-10/h3-4,6H,1-2,5H2. The number of hydrogen-bond acceptors (Lipinski definition) is 1. The lowest BCUT2D eigenvalue weighted by Gasteiger charge is -1.96. The molecule has 0 saturated heterocycles. The Hall–Kier alpha value is -0.0800. The van der Waals surface area contributed by atoms with Gasteiger partial charge < -0.3 is 0 Å². The fraction of sp³-hybridized carbons (Fsp3) is 0.375. The average Bonchev–Trinajstić information content (AvgIpc) is 2.04. The van der Waals surface area contributed by atoms with Crippen LogP contribution in [-0.4, -0.2) is 10.9 Å². The molecule has 0 fully saturated rings. The third-order valence-electron chi connectivity index (χ3n) is 1.36. The van der Waals surface area contributed by atoms with Crippen LogP contribution in [0.1, 0.15) is 12.1 Å². The van der Waals surface area contributed by atoms with Crippen LogP contribution in [0, 0.1) is 0 Å². The summed E-state index contributed by atoms with van der Waals surface area (Å²) < 4.78 is 1.02. The third-order valence-corrected chi connectivity index (χ3v) is 2.09. The van der Waals surface area contributed by atoms with Gasteiger partial charge in [0.25, 0.3) is 0 Å². The van der Waals surface area contributed by atoms with Gasteiger partial charge in [0.05, 0.1) is 0 Å². The zero-order chi connectivity index (χ0) is 8.10. The molecular weight excluding hydrogens is 225 g/mol. The Morgan fingerprint density at radius 3 is 2.82 bits per heavy atom. The van der Waals surface area contributed by atoms with Crippen molar-refractivity contribution in [1.82, 2.24) is 4.98 Å². The second-order valence-corrected chi connectivity index (χ2v) is 3.55. The first kappa shape index (κ1) is 9.01. The van der Waals surface area contributed by atoms with Crippen LogP contribution >= 0.6 is 27.5 Å². The molecule has 0 unspecified atom stereocenters. The fourth-order valence-corrected chi connectivity index (χ4v) is 1.17. The summed E-state index contributed by atoms with van der Waals surface area (Å²) in [7, 11) is 0. The maximum Gasteiger partial charge on any atom is 0.0413 e. The first-order valence-electron chi connectivity index (χ1n) is 3.49. The number of hydrogen-bond donors (Lipinski definition) is 0. The maximum atomic E-state index is 5.55. The SMILES string of the molecule is ClCCCc1ccc(Br)cn1. The minimum atomic E-state index is 0.706. The number of aryl methyl sites for hydroxylation is 1. The van der Waals surface area contributed by atoms with Gasteiger partial charge in [0.1, 0.15) is 0 Å². The molecular formula is C8H9BrClN. The summed E-state index contributed by atoms with van der Waals surface area (Å²) in [5.41, 5.74) is 1.11.